The minimum Gasteiger partial charge on any atom is -0.329 e. The van der Waals surface area contributed by atoms with Crippen LogP contribution < -0.4 is 10.5 Å². The molecule has 22 heavy (non-hydrogen) atoms. The first-order chi connectivity index (χ1) is 10.4. The van der Waals surface area contributed by atoms with Crippen molar-refractivity contribution in [1.82, 2.24) is 9.71 Å². The van der Waals surface area contributed by atoms with Gasteiger partial charge in [-0.05, 0) is 56.4 Å². The van der Waals surface area contributed by atoms with Crippen LogP contribution in [0.15, 0.2) is 35.4 Å². The molecule has 118 valence electrons. The molecule has 1 aliphatic carbocycles. The van der Waals surface area contributed by atoms with Crippen LogP contribution in [0, 0.1) is 12.8 Å². The Labute approximate surface area is 131 Å². The van der Waals surface area contributed by atoms with Crippen LogP contribution >= 0.6 is 0 Å². The third-order valence-electron chi connectivity index (χ3n) is 4.49. The molecule has 0 amide bonds. The molecule has 0 aliphatic heterocycles. The van der Waals surface area contributed by atoms with Gasteiger partial charge < -0.3 is 5.73 Å². The highest BCUT2D eigenvalue weighted by molar-refractivity contribution is 7.89. The molecule has 1 unspecified atom stereocenters. The molecule has 0 bridgehead atoms. The minimum atomic E-state index is -3.65. The molecule has 3 rings (SSSR count). The van der Waals surface area contributed by atoms with Gasteiger partial charge in [0.05, 0.1) is 10.4 Å². The molecule has 1 saturated carbocycles. The fourth-order valence-corrected chi connectivity index (χ4v) is 4.57. The summed E-state index contributed by atoms with van der Waals surface area (Å²) in [5.41, 5.74) is 6.92. The molecule has 0 saturated heterocycles. The van der Waals surface area contributed by atoms with Crippen molar-refractivity contribution < 1.29 is 8.42 Å². The average molecular weight is 319 g/mol. The second kappa shape index (κ2) is 5.30. The molecule has 0 spiro atoms. The van der Waals surface area contributed by atoms with Gasteiger partial charge in [-0.3, -0.25) is 4.98 Å². The predicted octanol–water partition coefficient (Wildman–Crippen LogP) is 1.95. The summed E-state index contributed by atoms with van der Waals surface area (Å²) in [6.45, 7) is 4.10. The Balaban J connectivity index is 2.08. The zero-order valence-corrected chi connectivity index (χ0v) is 13.7. The lowest BCUT2D eigenvalue weighted by Crippen LogP contribution is -2.53. The van der Waals surface area contributed by atoms with Crippen molar-refractivity contribution in [3.05, 3.63) is 36.0 Å². The number of nitrogens with zero attached hydrogens (tertiary/aromatic N) is 1. The van der Waals surface area contributed by atoms with Gasteiger partial charge in [0.1, 0.15) is 0 Å². The van der Waals surface area contributed by atoms with Crippen molar-refractivity contribution >= 4 is 20.9 Å². The predicted molar refractivity (Wildman–Crippen MR) is 87.0 cm³/mol. The van der Waals surface area contributed by atoms with E-state index >= 15 is 0 Å². The summed E-state index contributed by atoms with van der Waals surface area (Å²) in [5.74, 6) is 0.321. The van der Waals surface area contributed by atoms with Crippen LogP contribution in [0.25, 0.3) is 10.9 Å². The molecular weight excluding hydrogens is 298 g/mol. The van der Waals surface area contributed by atoms with Crippen LogP contribution in [-0.2, 0) is 10.0 Å². The van der Waals surface area contributed by atoms with Crippen LogP contribution in [0.3, 0.4) is 0 Å². The Morgan fingerprint density at radius 2 is 2.09 bits per heavy atom. The number of aryl methyl sites for hydroxylation is 1. The van der Waals surface area contributed by atoms with E-state index in [1.807, 2.05) is 13.8 Å². The van der Waals surface area contributed by atoms with Crippen LogP contribution in [0.5, 0.6) is 0 Å². The van der Waals surface area contributed by atoms with Gasteiger partial charge >= 0.3 is 0 Å². The SMILES string of the molecule is Cc1ccc(S(=O)(=O)NC(C)(CN)C2CC2)c2cccnc12. The van der Waals surface area contributed by atoms with Gasteiger partial charge in [0, 0.05) is 23.7 Å². The standard InChI is InChI=1S/C16H21N3O2S/c1-11-5-8-14(13-4-3-9-18-15(11)13)22(20,21)19-16(2,10-17)12-6-7-12/h3-5,8-9,12,19H,6-7,10,17H2,1-2H3. The molecular formula is C16H21N3O2S. The van der Waals surface area contributed by atoms with E-state index in [-0.39, 0.29) is 4.90 Å². The van der Waals surface area contributed by atoms with Crippen molar-refractivity contribution in [2.75, 3.05) is 6.54 Å². The molecule has 1 aromatic carbocycles. The molecule has 1 aliphatic rings. The fourth-order valence-electron chi connectivity index (χ4n) is 2.90. The normalized spacial score (nSPS) is 18.3. The highest BCUT2D eigenvalue weighted by Gasteiger charge is 2.43. The second-order valence-corrected chi connectivity index (χ2v) is 7.93. The zero-order chi connectivity index (χ0) is 16.0. The fraction of sp³-hybridized carbons (Fsp3) is 0.438. The Morgan fingerprint density at radius 1 is 1.36 bits per heavy atom. The molecule has 1 fully saturated rings. The quantitative estimate of drug-likeness (QED) is 0.882. The van der Waals surface area contributed by atoms with Crippen LogP contribution in [-0.4, -0.2) is 25.5 Å². The number of pyridine rings is 1. The largest absolute Gasteiger partial charge is 0.329 e. The maximum Gasteiger partial charge on any atom is 0.241 e. The molecule has 0 radical (unpaired) electrons. The topological polar surface area (TPSA) is 85.1 Å². The van der Waals surface area contributed by atoms with Gasteiger partial charge in [-0.25, -0.2) is 13.1 Å². The number of hydrogen-bond acceptors (Lipinski definition) is 4. The monoisotopic (exact) mass is 319 g/mol. The van der Waals surface area contributed by atoms with Crippen molar-refractivity contribution in [3.63, 3.8) is 0 Å². The lowest BCUT2D eigenvalue weighted by Gasteiger charge is -2.29. The van der Waals surface area contributed by atoms with Gasteiger partial charge in [0.25, 0.3) is 0 Å². The van der Waals surface area contributed by atoms with E-state index in [0.717, 1.165) is 18.4 Å². The Hall–Kier alpha value is -1.50. The van der Waals surface area contributed by atoms with Crippen molar-refractivity contribution in [2.24, 2.45) is 11.7 Å². The molecule has 2 aromatic rings. The molecule has 5 nitrogen and oxygen atoms in total. The first kappa shape index (κ1) is 15.4. The summed E-state index contributed by atoms with van der Waals surface area (Å²) in [6, 6.07) is 6.98. The van der Waals surface area contributed by atoms with Crippen LogP contribution in [0.2, 0.25) is 0 Å². The van der Waals surface area contributed by atoms with E-state index < -0.39 is 15.6 Å². The molecule has 1 atom stereocenters. The maximum absolute atomic E-state index is 12.9. The van der Waals surface area contributed by atoms with E-state index in [4.69, 9.17) is 5.73 Å². The first-order valence-electron chi connectivity index (χ1n) is 7.46. The van der Waals surface area contributed by atoms with Gasteiger partial charge in [-0.2, -0.15) is 0 Å². The number of rotatable bonds is 5. The summed E-state index contributed by atoms with van der Waals surface area (Å²) in [5, 5.41) is 0.644. The Bertz CT molecular complexity index is 815. The number of nitrogens with one attached hydrogen (secondary N) is 1. The second-order valence-electron chi connectivity index (χ2n) is 6.28. The molecule has 3 N–H and O–H groups in total. The summed E-state index contributed by atoms with van der Waals surface area (Å²) in [6.07, 6.45) is 3.71. The Morgan fingerprint density at radius 3 is 2.73 bits per heavy atom. The summed E-state index contributed by atoms with van der Waals surface area (Å²) >= 11 is 0. The molecule has 6 heteroatoms. The molecule has 1 aromatic heterocycles. The maximum atomic E-state index is 12.9. The number of benzene rings is 1. The van der Waals surface area contributed by atoms with Crippen molar-refractivity contribution in [1.29, 1.82) is 0 Å². The minimum absolute atomic E-state index is 0.265. The van der Waals surface area contributed by atoms with E-state index in [1.165, 1.54) is 0 Å². The highest BCUT2D eigenvalue weighted by Crippen LogP contribution is 2.40. The lowest BCUT2D eigenvalue weighted by molar-refractivity contribution is 0.374. The van der Waals surface area contributed by atoms with Gasteiger partial charge in [-0.15, -0.1) is 0 Å². The number of aromatic nitrogens is 1. The van der Waals surface area contributed by atoms with E-state index in [2.05, 4.69) is 9.71 Å². The smallest absolute Gasteiger partial charge is 0.241 e. The summed E-state index contributed by atoms with van der Waals surface area (Å²) in [7, 11) is -3.65. The third kappa shape index (κ3) is 2.62. The van der Waals surface area contributed by atoms with Gasteiger partial charge in [0.15, 0.2) is 0 Å². The highest BCUT2D eigenvalue weighted by atomic mass is 32.2. The zero-order valence-electron chi connectivity index (χ0n) is 12.8. The van der Waals surface area contributed by atoms with E-state index in [1.54, 1.807) is 30.5 Å². The first-order valence-corrected chi connectivity index (χ1v) is 8.94. The van der Waals surface area contributed by atoms with Gasteiger partial charge in [-0.1, -0.05) is 6.07 Å². The Kier molecular flexibility index (Phi) is 3.71. The number of hydrogen-bond donors (Lipinski definition) is 2. The third-order valence-corrected chi connectivity index (χ3v) is 6.16. The molecule has 1 heterocycles. The van der Waals surface area contributed by atoms with E-state index in [0.29, 0.717) is 23.4 Å². The number of fused-ring (bicyclic) bond motifs is 1. The van der Waals surface area contributed by atoms with E-state index in [9.17, 15) is 8.42 Å². The summed E-state index contributed by atoms with van der Waals surface area (Å²) < 4.78 is 28.6. The van der Waals surface area contributed by atoms with Gasteiger partial charge in [0.2, 0.25) is 10.0 Å². The summed E-state index contributed by atoms with van der Waals surface area (Å²) in [4.78, 5) is 4.57. The van der Waals surface area contributed by atoms with Crippen molar-refractivity contribution in [2.45, 2.75) is 37.1 Å². The number of sulfonamides is 1. The number of nitrogens with two attached hydrogens (primary N) is 1. The van der Waals surface area contributed by atoms with Crippen LogP contribution in [0.1, 0.15) is 25.3 Å². The van der Waals surface area contributed by atoms with Crippen LogP contribution in [0.4, 0.5) is 0 Å². The lowest BCUT2D eigenvalue weighted by atomic mass is 9.98. The van der Waals surface area contributed by atoms with Crippen molar-refractivity contribution in [3.8, 4) is 0 Å². The average Bonchev–Trinajstić information content (AvgIpc) is 3.32.